The Morgan fingerprint density at radius 3 is 2.38 bits per heavy atom. The molecule has 2 N–H and O–H groups in total. The molecule has 0 spiro atoms. The molecule has 1 fully saturated rings. The van der Waals surface area contributed by atoms with Crippen LogP contribution in [0.1, 0.15) is 24.0 Å². The van der Waals surface area contributed by atoms with Crippen LogP contribution in [0.15, 0.2) is 54.6 Å². The average Bonchev–Trinajstić information content (AvgIpc) is 2.68. The highest BCUT2D eigenvalue weighted by molar-refractivity contribution is 5.82. The first kappa shape index (κ1) is 18.5. The number of hydrogen-bond acceptors (Lipinski definition) is 3. The molecule has 2 aromatic rings. The van der Waals surface area contributed by atoms with Crippen molar-refractivity contribution in [3.05, 3.63) is 71.5 Å². The summed E-state index contributed by atoms with van der Waals surface area (Å²) in [6, 6.07) is 15.7. The molecule has 2 aromatic carbocycles. The molecular weight excluding hydrogens is 331 g/mol. The Bertz CT molecular complexity index is 698. The number of hydrogen-bond donors (Lipinski definition) is 1. The average molecular weight is 356 g/mol. The van der Waals surface area contributed by atoms with Crippen molar-refractivity contribution >= 4 is 5.91 Å². The summed E-state index contributed by atoms with van der Waals surface area (Å²) < 4.78 is 18.8. The lowest BCUT2D eigenvalue weighted by Crippen LogP contribution is -2.49. The van der Waals surface area contributed by atoms with Crippen LogP contribution in [0.3, 0.4) is 0 Å². The van der Waals surface area contributed by atoms with E-state index in [1.807, 2.05) is 35.2 Å². The molecule has 0 aromatic heterocycles. The lowest BCUT2D eigenvalue weighted by molar-refractivity contribution is -0.135. The van der Waals surface area contributed by atoms with Crippen molar-refractivity contribution in [1.82, 2.24) is 4.90 Å². The number of nitrogens with two attached hydrogens (primary N) is 1. The van der Waals surface area contributed by atoms with E-state index in [9.17, 15) is 9.18 Å². The van der Waals surface area contributed by atoms with Gasteiger partial charge in [0.1, 0.15) is 5.82 Å². The number of rotatable bonds is 6. The maximum atomic E-state index is 12.9. The van der Waals surface area contributed by atoms with Crippen molar-refractivity contribution in [3.8, 4) is 0 Å². The van der Waals surface area contributed by atoms with Gasteiger partial charge in [-0.15, -0.1) is 0 Å². The van der Waals surface area contributed by atoms with E-state index in [0.29, 0.717) is 26.1 Å². The molecular formula is C21H25FN2O2. The molecule has 1 atom stereocenters. The van der Waals surface area contributed by atoms with Crippen molar-refractivity contribution in [1.29, 1.82) is 0 Å². The molecule has 1 aliphatic rings. The molecule has 1 amide bonds. The minimum absolute atomic E-state index is 0.00541. The fourth-order valence-electron chi connectivity index (χ4n) is 3.23. The summed E-state index contributed by atoms with van der Waals surface area (Å²) in [4.78, 5) is 14.4. The summed E-state index contributed by atoms with van der Waals surface area (Å²) in [7, 11) is 0. The van der Waals surface area contributed by atoms with E-state index >= 15 is 0 Å². The quantitative estimate of drug-likeness (QED) is 0.866. The third-order valence-corrected chi connectivity index (χ3v) is 4.77. The van der Waals surface area contributed by atoms with Gasteiger partial charge < -0.3 is 15.4 Å². The molecule has 138 valence electrons. The van der Waals surface area contributed by atoms with E-state index in [-0.39, 0.29) is 17.8 Å². The number of carbonyl (C=O) groups is 1. The van der Waals surface area contributed by atoms with Gasteiger partial charge in [-0.3, -0.25) is 4.79 Å². The fraction of sp³-hybridized carbons (Fsp3) is 0.381. The van der Waals surface area contributed by atoms with E-state index in [4.69, 9.17) is 10.5 Å². The predicted molar refractivity (Wildman–Crippen MR) is 98.9 cm³/mol. The molecule has 4 nitrogen and oxygen atoms in total. The molecule has 0 radical (unpaired) electrons. The van der Waals surface area contributed by atoms with Crippen LogP contribution in [-0.2, 0) is 22.6 Å². The standard InChI is InChI=1S/C21H25FN2O2/c22-18-8-6-17(7-9-18)15-26-19-10-12-24(13-11-19)21(25)20(23)14-16-4-2-1-3-5-16/h1-9,19-20H,10-15,23H2/t20-/m0/s1. The molecule has 0 unspecified atom stereocenters. The third-order valence-electron chi connectivity index (χ3n) is 4.77. The van der Waals surface area contributed by atoms with Crippen molar-refractivity contribution in [2.24, 2.45) is 5.73 Å². The number of carbonyl (C=O) groups excluding carboxylic acids is 1. The lowest BCUT2D eigenvalue weighted by Gasteiger charge is -2.33. The van der Waals surface area contributed by atoms with Gasteiger partial charge >= 0.3 is 0 Å². The number of ether oxygens (including phenoxy) is 1. The van der Waals surface area contributed by atoms with Crippen molar-refractivity contribution in [2.75, 3.05) is 13.1 Å². The number of nitrogens with zero attached hydrogens (tertiary/aromatic N) is 1. The topological polar surface area (TPSA) is 55.6 Å². The van der Waals surface area contributed by atoms with Crippen molar-refractivity contribution < 1.29 is 13.9 Å². The SMILES string of the molecule is N[C@@H](Cc1ccccc1)C(=O)N1CCC(OCc2ccc(F)cc2)CC1. The lowest BCUT2D eigenvalue weighted by atomic mass is 10.0. The summed E-state index contributed by atoms with van der Waals surface area (Å²) in [6.07, 6.45) is 2.27. The third kappa shape index (κ3) is 5.13. The number of amides is 1. The van der Waals surface area contributed by atoms with Crippen LogP contribution in [0, 0.1) is 5.82 Å². The minimum Gasteiger partial charge on any atom is -0.373 e. The van der Waals surface area contributed by atoms with Crippen LogP contribution in [0.5, 0.6) is 0 Å². The predicted octanol–water partition coefficient (Wildman–Crippen LogP) is 2.90. The Kier molecular flexibility index (Phi) is 6.36. The number of benzene rings is 2. The second kappa shape index (κ2) is 8.92. The van der Waals surface area contributed by atoms with Gasteiger partial charge in [-0.25, -0.2) is 4.39 Å². The highest BCUT2D eigenvalue weighted by Crippen LogP contribution is 2.17. The van der Waals surface area contributed by atoms with Gasteiger partial charge in [-0.1, -0.05) is 42.5 Å². The van der Waals surface area contributed by atoms with Gasteiger partial charge in [0.2, 0.25) is 5.91 Å². The molecule has 1 aliphatic heterocycles. The number of likely N-dealkylation sites (tertiary alicyclic amines) is 1. The summed E-state index contributed by atoms with van der Waals surface area (Å²) in [5.41, 5.74) is 8.14. The van der Waals surface area contributed by atoms with Crippen LogP contribution in [0.4, 0.5) is 4.39 Å². The number of piperidine rings is 1. The minimum atomic E-state index is -0.505. The largest absolute Gasteiger partial charge is 0.373 e. The Hall–Kier alpha value is -2.24. The van der Waals surface area contributed by atoms with E-state index < -0.39 is 6.04 Å². The zero-order valence-corrected chi connectivity index (χ0v) is 14.8. The molecule has 1 saturated heterocycles. The highest BCUT2D eigenvalue weighted by Gasteiger charge is 2.26. The van der Waals surface area contributed by atoms with Gasteiger partial charge in [0.05, 0.1) is 18.8 Å². The maximum absolute atomic E-state index is 12.9. The Labute approximate surface area is 153 Å². The number of halogens is 1. The maximum Gasteiger partial charge on any atom is 0.239 e. The molecule has 1 heterocycles. The van der Waals surface area contributed by atoms with E-state index in [0.717, 1.165) is 24.0 Å². The van der Waals surface area contributed by atoms with Crippen molar-refractivity contribution in [2.45, 2.75) is 38.0 Å². The van der Waals surface area contributed by atoms with Gasteiger partial charge in [-0.2, -0.15) is 0 Å². The summed E-state index contributed by atoms with van der Waals surface area (Å²) >= 11 is 0. The smallest absolute Gasteiger partial charge is 0.239 e. The molecule has 0 saturated carbocycles. The first-order valence-corrected chi connectivity index (χ1v) is 9.06. The van der Waals surface area contributed by atoms with Crippen LogP contribution >= 0.6 is 0 Å². The normalized spacial score (nSPS) is 16.5. The van der Waals surface area contributed by atoms with Crippen LogP contribution in [0.2, 0.25) is 0 Å². The second-order valence-electron chi connectivity index (χ2n) is 6.76. The Balaban J connectivity index is 1.42. The van der Waals surface area contributed by atoms with E-state index in [2.05, 4.69) is 0 Å². The molecule has 5 heteroatoms. The Morgan fingerprint density at radius 1 is 1.08 bits per heavy atom. The van der Waals surface area contributed by atoms with Crippen LogP contribution in [-0.4, -0.2) is 36.0 Å². The zero-order valence-electron chi connectivity index (χ0n) is 14.8. The summed E-state index contributed by atoms with van der Waals surface area (Å²) in [5, 5.41) is 0. The Morgan fingerprint density at radius 2 is 1.73 bits per heavy atom. The van der Waals surface area contributed by atoms with Crippen LogP contribution < -0.4 is 5.73 Å². The first-order valence-electron chi connectivity index (χ1n) is 9.06. The molecule has 0 aliphatic carbocycles. The van der Waals surface area contributed by atoms with Gasteiger partial charge in [0.15, 0.2) is 0 Å². The summed E-state index contributed by atoms with van der Waals surface area (Å²) in [5.74, 6) is -0.238. The molecule has 3 rings (SSSR count). The fourth-order valence-corrected chi connectivity index (χ4v) is 3.23. The highest BCUT2D eigenvalue weighted by atomic mass is 19.1. The first-order chi connectivity index (χ1) is 12.6. The van der Waals surface area contributed by atoms with Gasteiger partial charge in [-0.05, 0) is 42.5 Å². The van der Waals surface area contributed by atoms with Crippen LogP contribution in [0.25, 0.3) is 0 Å². The van der Waals surface area contributed by atoms with Crippen molar-refractivity contribution in [3.63, 3.8) is 0 Å². The monoisotopic (exact) mass is 356 g/mol. The van der Waals surface area contributed by atoms with E-state index in [1.54, 1.807) is 12.1 Å². The van der Waals surface area contributed by atoms with Gasteiger partial charge in [0, 0.05) is 13.1 Å². The molecule has 0 bridgehead atoms. The molecule has 26 heavy (non-hydrogen) atoms. The van der Waals surface area contributed by atoms with Gasteiger partial charge in [0.25, 0.3) is 0 Å². The zero-order chi connectivity index (χ0) is 18.4. The second-order valence-corrected chi connectivity index (χ2v) is 6.76. The summed E-state index contributed by atoms with van der Waals surface area (Å²) in [6.45, 7) is 1.79. The van der Waals surface area contributed by atoms with E-state index in [1.165, 1.54) is 12.1 Å².